The van der Waals surface area contributed by atoms with Crippen LogP contribution in [0, 0.1) is 41.0 Å². The largest absolute Gasteiger partial charge is 2.00 e. The molecule has 2 aliphatic heterocycles. The molecule has 456 valence electrons. The Morgan fingerprint density at radius 3 is 0.200 bits per heavy atom. The van der Waals surface area contributed by atoms with Crippen LogP contribution >= 0.6 is 0 Å². The fraction of sp³-hybridized carbons (Fsp3) is 1.00. The summed E-state index contributed by atoms with van der Waals surface area (Å²) in [4.78, 5) is 0. The first-order chi connectivity index (χ1) is 26.0. The number of ether oxygens (including phenoxy) is 12. The van der Waals surface area contributed by atoms with Crippen LogP contribution in [0.1, 0.15) is 0 Å². The molecule has 2 saturated heterocycles. The third kappa shape index (κ3) is 234. The predicted octanol–water partition coefficient (Wildman–Crippen LogP) is -29.9. The first-order valence-corrected chi connectivity index (χ1v) is 20.3. The summed E-state index contributed by atoms with van der Waals surface area (Å²) in [6, 6.07) is 0. The number of hydrogen-bond donors (Lipinski definition) is 0. The Hall–Kier alpha value is 0.547. The second-order valence-corrected chi connectivity index (χ2v) is 11.9. The van der Waals surface area contributed by atoms with Crippen molar-refractivity contribution in [2.75, 3.05) is 159 Å². The van der Waals surface area contributed by atoms with Crippen LogP contribution in [0.2, 0.25) is 0 Å². The molecule has 0 atom stereocenters. The molecule has 2 heterocycles. The molecule has 70 heavy (non-hydrogen) atoms. The van der Waals surface area contributed by atoms with Gasteiger partial charge in [0, 0.05) is 0 Å². The zero-order chi connectivity index (χ0) is 43.5. The van der Waals surface area contributed by atoms with E-state index in [1.54, 1.807) is 0 Å². The number of rotatable bonds is 0. The summed E-state index contributed by atoms with van der Waals surface area (Å²) >= 11 is 0. The Bertz CT molecular complexity index is 509. The standard InChI is InChI=1S/2C12H24O6.4ClHO4.2Ni.12H2O/c2*1-2-14-5-6-16-9-10-18-12-11-17-8-7-15-4-3-13-1;4*2-1(3,4)5;;;;;;;;;;;;;;/h2*1-12H2;4*(H,2,3,4,5);;;12*1H2/q;;;;;;2*+2;;;;;;;;;;;;/p+8. The minimum atomic E-state index is -4.94. The summed E-state index contributed by atoms with van der Waals surface area (Å²) in [5.41, 5.74) is 0. The predicted molar refractivity (Wildman–Crippen MR) is 188 cm³/mol. The second-order valence-electron chi connectivity index (χ2n) is 8.86. The average Bonchev–Trinajstić information content (AvgIpc) is 3.02. The smallest absolute Gasteiger partial charge is 0.457 e. The molecule has 0 spiro atoms. The molecule has 0 aromatic carbocycles. The van der Waals surface area contributed by atoms with E-state index in [-0.39, 0.29) is 98.7 Å². The molecule has 0 aliphatic carbocycles. The van der Waals surface area contributed by atoms with Crippen LogP contribution in [0.4, 0.5) is 0 Å². The fourth-order valence-electron chi connectivity index (χ4n) is 2.64. The monoisotopic (exact) mass is 1270 g/mol. The van der Waals surface area contributed by atoms with Crippen molar-refractivity contribution in [3.8, 4) is 0 Å². The van der Waals surface area contributed by atoms with Gasteiger partial charge in [-0.15, -0.1) is 41.0 Å². The van der Waals surface area contributed by atoms with Gasteiger partial charge in [-0.25, -0.2) is 74.5 Å². The molecule has 0 saturated carbocycles. The van der Waals surface area contributed by atoms with Gasteiger partial charge in [-0.05, 0) is 0 Å². The summed E-state index contributed by atoms with van der Waals surface area (Å²) in [6.07, 6.45) is 0. The van der Waals surface area contributed by atoms with Gasteiger partial charge in [0.15, 0.2) is 0 Å². The van der Waals surface area contributed by atoms with Gasteiger partial charge < -0.3 is 123 Å². The van der Waals surface area contributed by atoms with Crippen LogP contribution in [-0.4, -0.2) is 159 Å². The first kappa shape index (κ1) is 124. The van der Waals surface area contributed by atoms with Gasteiger partial charge >= 0.3 is 33.0 Å². The molecule has 0 aromatic heterocycles. The van der Waals surface area contributed by atoms with Gasteiger partial charge in [0.05, 0.1) is 159 Å². The number of halogens is 4. The van der Waals surface area contributed by atoms with Gasteiger partial charge in [0.2, 0.25) is 0 Å². The number of hydrogen-bond acceptors (Lipinski definition) is 28. The van der Waals surface area contributed by atoms with Crippen molar-refractivity contribution in [2.24, 2.45) is 0 Å². The van der Waals surface area contributed by atoms with Gasteiger partial charge in [-0.2, -0.15) is 0 Å². The quantitative estimate of drug-likeness (QED) is 0.160. The van der Waals surface area contributed by atoms with E-state index in [2.05, 4.69) is 0 Å². The van der Waals surface area contributed by atoms with E-state index in [0.717, 1.165) is 0 Å². The molecular weight excluding hydrogens is 1190 g/mol. The summed E-state index contributed by atoms with van der Waals surface area (Å²) < 4.78 is 200. The molecule has 46 heteroatoms. The average molecular weight is 1270 g/mol. The van der Waals surface area contributed by atoms with Crippen LogP contribution in [0.15, 0.2) is 0 Å². The van der Waals surface area contributed by atoms with Crippen LogP contribution in [-0.2, 0) is 156 Å². The molecule has 0 unspecified atom stereocenters. The molecule has 40 nitrogen and oxygen atoms in total. The Morgan fingerprint density at radius 1 is 0.143 bits per heavy atom. The fourth-order valence-corrected chi connectivity index (χ4v) is 2.64. The molecule has 2 aliphatic rings. The summed E-state index contributed by atoms with van der Waals surface area (Å²) in [5.74, 6) is 0. The van der Waals surface area contributed by atoms with E-state index < -0.39 is 41.0 Å². The van der Waals surface area contributed by atoms with Crippen molar-refractivity contribution in [1.82, 2.24) is 0 Å². The summed E-state index contributed by atoms with van der Waals surface area (Å²) in [6.45, 7) is 14.1. The normalized spacial score (nSPS) is 15.8. The molecule has 0 radical (unpaired) electrons. The maximum absolute atomic E-state index is 8.49. The van der Waals surface area contributed by atoms with Crippen LogP contribution in [0.3, 0.4) is 0 Å². The topological polar surface area (TPSA) is 876 Å². The Balaban J connectivity index is -0.0000000305. The van der Waals surface area contributed by atoms with E-state index in [4.69, 9.17) is 131 Å². The van der Waals surface area contributed by atoms with Crippen molar-refractivity contribution in [3.63, 3.8) is 0 Å². The van der Waals surface area contributed by atoms with E-state index in [0.29, 0.717) is 159 Å². The van der Waals surface area contributed by atoms with Crippen molar-refractivity contribution in [1.29, 1.82) is 0 Å². The minimum absolute atomic E-state index is 0. The first-order valence-electron chi connectivity index (χ1n) is 15.4. The van der Waals surface area contributed by atoms with Crippen molar-refractivity contribution >= 4 is 0 Å². The van der Waals surface area contributed by atoms with E-state index >= 15 is 0 Å². The third-order valence-electron chi connectivity index (χ3n) is 4.46. The maximum atomic E-state index is 8.49. The van der Waals surface area contributed by atoms with Crippen molar-refractivity contribution in [2.45, 2.75) is 0 Å². The maximum Gasteiger partial charge on any atom is 2.00 e. The Kier molecular flexibility index (Phi) is 157. The van der Waals surface area contributed by atoms with Crippen molar-refractivity contribution < 1.29 is 271 Å². The summed E-state index contributed by atoms with van der Waals surface area (Å²) in [7, 11) is -19.8. The molecule has 0 amide bonds. The van der Waals surface area contributed by atoms with Crippen LogP contribution in [0.25, 0.3) is 0 Å². The molecule has 36 N–H and O–H groups in total. The Morgan fingerprint density at radius 2 is 0.171 bits per heavy atom. The molecular formula is C24H84Cl4Ni2O40+12. The second kappa shape index (κ2) is 89.1. The Labute approximate surface area is 428 Å². The minimum Gasteiger partial charge on any atom is -0.457 e. The van der Waals surface area contributed by atoms with Gasteiger partial charge in [-0.3, -0.25) is 0 Å². The molecule has 2 fully saturated rings. The summed E-state index contributed by atoms with van der Waals surface area (Å²) in [5, 5.41) is 0. The molecule has 2 rings (SSSR count). The zero-order valence-electron chi connectivity index (χ0n) is 37.5. The van der Waals surface area contributed by atoms with Crippen LogP contribution in [0.5, 0.6) is 0 Å². The zero-order valence-corrected chi connectivity index (χ0v) is 42.5. The van der Waals surface area contributed by atoms with Gasteiger partial charge in [0.1, 0.15) is 0 Å². The SMILES string of the molecule is C1COCCOCCOCCOCCOCCO1.C1COCCOCCOCCOCCOCCO1.[Ni+2].[Ni+2].[O-][Cl+3]([O-])([O-])[O-].[O-][Cl+3]([O-])([O-])[O-].[O-][Cl+3]([O-])([O-])[O-].[O-][Cl+3]([O-])([O-])[O-].[OH3+].[OH3+].[OH3+].[OH3+].[OH3+].[OH3+].[OH3+].[OH3+].[OH3+].[OH3+].[OH3+].[OH3+]. The van der Waals surface area contributed by atoms with Crippen molar-refractivity contribution in [3.05, 3.63) is 0 Å². The van der Waals surface area contributed by atoms with Gasteiger partial charge in [-0.1, -0.05) is 0 Å². The van der Waals surface area contributed by atoms with Crippen LogP contribution < -0.4 is 74.5 Å². The molecule has 0 aromatic rings. The van der Waals surface area contributed by atoms with Gasteiger partial charge in [0.25, 0.3) is 0 Å². The van der Waals surface area contributed by atoms with E-state index in [1.165, 1.54) is 0 Å². The molecule has 0 bridgehead atoms. The van der Waals surface area contributed by atoms with E-state index in [1.807, 2.05) is 0 Å². The third-order valence-corrected chi connectivity index (χ3v) is 4.46. The van der Waals surface area contributed by atoms with E-state index in [9.17, 15) is 0 Å².